The number of nitrogens with zero attached hydrogens (tertiary/aromatic N) is 3. The normalized spacial score (nSPS) is 11.6. The van der Waals surface area contributed by atoms with Crippen molar-refractivity contribution in [1.82, 2.24) is 14.5 Å². The van der Waals surface area contributed by atoms with Crippen molar-refractivity contribution in [3.63, 3.8) is 0 Å². The fourth-order valence-corrected chi connectivity index (χ4v) is 2.82. The van der Waals surface area contributed by atoms with Gasteiger partial charge in [0.2, 0.25) is 9.84 Å². The van der Waals surface area contributed by atoms with E-state index in [4.69, 9.17) is 11.6 Å². The van der Waals surface area contributed by atoms with Gasteiger partial charge in [0.25, 0.3) is 0 Å². The zero-order chi connectivity index (χ0) is 12.3. The van der Waals surface area contributed by atoms with E-state index in [2.05, 4.69) is 9.97 Å². The average Bonchev–Trinajstić information content (AvgIpc) is 2.77. The van der Waals surface area contributed by atoms with Crippen molar-refractivity contribution in [2.24, 2.45) is 0 Å². The van der Waals surface area contributed by atoms with Crippen LogP contribution in [0.5, 0.6) is 0 Å². The van der Waals surface area contributed by atoms with Gasteiger partial charge < -0.3 is 4.57 Å². The molecule has 0 aliphatic rings. The number of rotatable bonds is 4. The number of aromatic nitrogens is 3. The van der Waals surface area contributed by atoms with Crippen LogP contribution < -0.4 is 0 Å². The molecular weight excluding hydrogens is 262 g/mol. The summed E-state index contributed by atoms with van der Waals surface area (Å²) in [7, 11) is -3.46. The van der Waals surface area contributed by atoms with E-state index in [0.29, 0.717) is 5.69 Å². The molecule has 5 nitrogen and oxygen atoms in total. The summed E-state index contributed by atoms with van der Waals surface area (Å²) in [5.74, 6) is 0.0177. The first kappa shape index (κ1) is 12.1. The Kier molecular flexibility index (Phi) is 3.44. The monoisotopic (exact) mass is 271 g/mol. The molecule has 17 heavy (non-hydrogen) atoms. The molecule has 0 radical (unpaired) electrons. The lowest BCUT2D eigenvalue weighted by atomic mass is 10.5. The Morgan fingerprint density at radius 1 is 1.35 bits per heavy atom. The summed E-state index contributed by atoms with van der Waals surface area (Å²) < 4.78 is 25.5. The van der Waals surface area contributed by atoms with E-state index in [1.165, 1.54) is 23.2 Å². The highest BCUT2D eigenvalue weighted by molar-refractivity contribution is 7.90. The largest absolute Gasteiger partial charge is 0.318 e. The van der Waals surface area contributed by atoms with E-state index in [-0.39, 0.29) is 16.8 Å². The van der Waals surface area contributed by atoms with E-state index >= 15 is 0 Å². The van der Waals surface area contributed by atoms with Crippen LogP contribution >= 0.6 is 11.6 Å². The summed E-state index contributed by atoms with van der Waals surface area (Å²) in [6.07, 6.45) is 4.43. The first-order valence-corrected chi connectivity index (χ1v) is 7.01. The highest BCUT2D eigenvalue weighted by Gasteiger charge is 2.17. The van der Waals surface area contributed by atoms with Gasteiger partial charge in [0, 0.05) is 12.4 Å². The number of pyridine rings is 1. The predicted octanol–water partition coefficient (Wildman–Crippen LogP) is 1.45. The van der Waals surface area contributed by atoms with Crippen molar-refractivity contribution in [2.75, 3.05) is 0 Å². The molecular formula is C10H10ClN3O2S. The highest BCUT2D eigenvalue weighted by Crippen LogP contribution is 2.12. The van der Waals surface area contributed by atoms with Crippen LogP contribution in [0.2, 0.25) is 0 Å². The smallest absolute Gasteiger partial charge is 0.214 e. The second-order valence-electron chi connectivity index (χ2n) is 3.40. The van der Waals surface area contributed by atoms with Gasteiger partial charge in [0.15, 0.2) is 5.03 Å². The van der Waals surface area contributed by atoms with Crippen molar-refractivity contribution in [1.29, 1.82) is 0 Å². The molecule has 0 saturated heterocycles. The Hall–Kier alpha value is -1.40. The number of hydrogen-bond donors (Lipinski definition) is 0. The maximum atomic E-state index is 12.0. The van der Waals surface area contributed by atoms with E-state index in [1.807, 2.05) is 0 Å². The molecule has 0 N–H and O–H groups in total. The fourth-order valence-electron chi connectivity index (χ4n) is 1.36. The molecule has 0 amide bonds. The van der Waals surface area contributed by atoms with Crippen molar-refractivity contribution in [2.45, 2.75) is 16.8 Å². The molecule has 2 heterocycles. The molecule has 0 aliphatic carbocycles. The summed E-state index contributed by atoms with van der Waals surface area (Å²) in [6, 6.07) is 4.77. The molecule has 7 heteroatoms. The molecule has 0 aromatic carbocycles. The second kappa shape index (κ2) is 4.85. The number of halogens is 1. The molecule has 0 bridgehead atoms. The Morgan fingerprint density at radius 2 is 2.18 bits per heavy atom. The zero-order valence-corrected chi connectivity index (χ0v) is 10.4. The van der Waals surface area contributed by atoms with Gasteiger partial charge in [-0.25, -0.2) is 18.4 Å². The summed E-state index contributed by atoms with van der Waals surface area (Å²) in [5, 5.41) is 0.0502. The molecule has 2 aromatic heterocycles. The van der Waals surface area contributed by atoms with E-state index in [1.54, 1.807) is 18.3 Å². The van der Waals surface area contributed by atoms with Crippen molar-refractivity contribution >= 4 is 21.4 Å². The average molecular weight is 272 g/mol. The van der Waals surface area contributed by atoms with Gasteiger partial charge in [0.1, 0.15) is 5.88 Å². The molecule has 0 unspecified atom stereocenters. The van der Waals surface area contributed by atoms with Crippen molar-refractivity contribution < 1.29 is 8.42 Å². The van der Waals surface area contributed by atoms with Crippen molar-refractivity contribution in [3.05, 3.63) is 42.6 Å². The van der Waals surface area contributed by atoms with Crippen LogP contribution in [0.3, 0.4) is 0 Å². The van der Waals surface area contributed by atoms with E-state index in [0.717, 1.165) is 0 Å². The SMILES string of the molecule is O=S(=O)(Cn1cncc1CCl)c1ccccn1. The van der Waals surface area contributed by atoms with Gasteiger partial charge in [-0.2, -0.15) is 0 Å². The minimum absolute atomic E-state index is 0.0502. The van der Waals surface area contributed by atoms with Gasteiger partial charge in [0.05, 0.1) is 17.9 Å². The van der Waals surface area contributed by atoms with Crippen LogP contribution in [-0.4, -0.2) is 23.0 Å². The Balaban J connectivity index is 2.30. The lowest BCUT2D eigenvalue weighted by Crippen LogP contribution is -2.13. The number of imidazole rings is 1. The Morgan fingerprint density at radius 3 is 2.82 bits per heavy atom. The summed E-state index contributed by atoms with van der Waals surface area (Å²) in [4.78, 5) is 7.70. The third-order valence-corrected chi connectivity index (χ3v) is 3.97. The maximum Gasteiger partial charge on any atom is 0.214 e. The second-order valence-corrected chi connectivity index (χ2v) is 5.57. The summed E-state index contributed by atoms with van der Waals surface area (Å²) in [5.41, 5.74) is 0.658. The number of alkyl halides is 1. The minimum atomic E-state index is -3.46. The number of hydrogen-bond acceptors (Lipinski definition) is 4. The molecule has 0 fully saturated rings. The lowest BCUT2D eigenvalue weighted by molar-refractivity contribution is 0.578. The van der Waals surface area contributed by atoms with Crippen LogP contribution in [0.15, 0.2) is 41.9 Å². The van der Waals surface area contributed by atoms with E-state index < -0.39 is 9.84 Å². The maximum absolute atomic E-state index is 12.0. The standard InChI is InChI=1S/C10H10ClN3O2S/c11-5-9-6-12-7-14(9)8-17(15,16)10-3-1-2-4-13-10/h1-4,6-7H,5,8H2. The molecule has 0 aliphatic heterocycles. The first-order chi connectivity index (χ1) is 8.13. The Bertz CT molecular complexity index is 595. The number of sulfone groups is 1. The molecule has 0 saturated carbocycles. The van der Waals surface area contributed by atoms with Gasteiger partial charge in [-0.1, -0.05) is 6.07 Å². The quantitative estimate of drug-likeness (QED) is 0.790. The van der Waals surface area contributed by atoms with Crippen LogP contribution in [0.25, 0.3) is 0 Å². The van der Waals surface area contributed by atoms with Crippen LogP contribution in [0, 0.1) is 0 Å². The zero-order valence-electron chi connectivity index (χ0n) is 8.82. The molecule has 0 atom stereocenters. The predicted molar refractivity (Wildman–Crippen MR) is 63.2 cm³/mol. The summed E-state index contributed by atoms with van der Waals surface area (Å²) in [6.45, 7) is 0. The van der Waals surface area contributed by atoms with Crippen molar-refractivity contribution in [3.8, 4) is 0 Å². The molecule has 2 aromatic rings. The lowest BCUT2D eigenvalue weighted by Gasteiger charge is -2.06. The third kappa shape index (κ3) is 2.65. The van der Waals surface area contributed by atoms with Gasteiger partial charge in [-0.3, -0.25) is 0 Å². The molecule has 90 valence electrons. The topological polar surface area (TPSA) is 64.8 Å². The van der Waals surface area contributed by atoms with Gasteiger partial charge >= 0.3 is 0 Å². The highest BCUT2D eigenvalue weighted by atomic mass is 35.5. The van der Waals surface area contributed by atoms with Gasteiger partial charge in [-0.15, -0.1) is 11.6 Å². The van der Waals surface area contributed by atoms with E-state index in [9.17, 15) is 8.42 Å². The Labute approximate surface area is 104 Å². The molecule has 0 spiro atoms. The summed E-state index contributed by atoms with van der Waals surface area (Å²) >= 11 is 5.68. The minimum Gasteiger partial charge on any atom is -0.318 e. The fraction of sp³-hybridized carbons (Fsp3) is 0.200. The molecule has 2 rings (SSSR count). The first-order valence-electron chi connectivity index (χ1n) is 4.82. The van der Waals surface area contributed by atoms with Crippen LogP contribution in [-0.2, 0) is 21.6 Å². The van der Waals surface area contributed by atoms with Gasteiger partial charge in [-0.05, 0) is 12.1 Å². The van der Waals surface area contributed by atoms with Crippen LogP contribution in [0.1, 0.15) is 5.69 Å². The van der Waals surface area contributed by atoms with Crippen LogP contribution in [0.4, 0.5) is 0 Å². The third-order valence-electron chi connectivity index (χ3n) is 2.20.